The molecule has 4 rings (SSSR count). The Labute approximate surface area is 204 Å². The van der Waals surface area contributed by atoms with Crippen LogP contribution in [0.15, 0.2) is 24.3 Å². The van der Waals surface area contributed by atoms with Crippen LogP contribution in [0.4, 0.5) is 0 Å². The summed E-state index contributed by atoms with van der Waals surface area (Å²) < 4.78 is 11.3. The molecule has 0 spiro atoms. The summed E-state index contributed by atoms with van der Waals surface area (Å²) in [4.78, 5) is 51.4. The summed E-state index contributed by atoms with van der Waals surface area (Å²) in [6, 6.07) is 6.37. The van der Waals surface area contributed by atoms with E-state index in [1.165, 1.54) is 7.11 Å². The van der Waals surface area contributed by atoms with Gasteiger partial charge in [0, 0.05) is 13.7 Å². The van der Waals surface area contributed by atoms with Crippen molar-refractivity contribution in [1.82, 2.24) is 15.5 Å². The van der Waals surface area contributed by atoms with Gasteiger partial charge < -0.3 is 30.0 Å². The molecule has 2 amide bonds. The Bertz CT molecular complexity index is 1020. The smallest absolute Gasteiger partial charge is 0.309 e. The number of hydrogen-bond donors (Lipinski definition) is 3. The van der Waals surface area contributed by atoms with Crippen molar-refractivity contribution in [2.45, 2.75) is 56.5 Å². The number of nitrogens with one attached hydrogen (secondary N) is 2. The van der Waals surface area contributed by atoms with Gasteiger partial charge in [-0.2, -0.15) is 0 Å². The van der Waals surface area contributed by atoms with E-state index < -0.39 is 41.1 Å². The van der Waals surface area contributed by atoms with Crippen molar-refractivity contribution < 1.29 is 33.8 Å². The fourth-order valence-electron chi connectivity index (χ4n) is 5.80. The Morgan fingerprint density at radius 1 is 1.17 bits per heavy atom. The molecule has 2 aliphatic carbocycles. The third-order valence-electron chi connectivity index (χ3n) is 8.23. The number of carboxylic acids is 1. The molecular weight excluding hydrogens is 454 g/mol. The maximum absolute atomic E-state index is 13.3. The van der Waals surface area contributed by atoms with Gasteiger partial charge >= 0.3 is 5.97 Å². The highest BCUT2D eigenvalue weighted by atomic mass is 16.5. The van der Waals surface area contributed by atoms with E-state index in [1.54, 1.807) is 31.4 Å². The van der Waals surface area contributed by atoms with E-state index in [0.717, 1.165) is 6.42 Å². The van der Waals surface area contributed by atoms with Gasteiger partial charge in [-0.25, -0.2) is 0 Å². The van der Waals surface area contributed by atoms with Gasteiger partial charge in [-0.3, -0.25) is 19.3 Å². The number of carbonyl (C=O) groups excluding carboxylic acids is 3. The number of carboxylic acid groups (broad SMARTS) is 1. The Kier molecular flexibility index (Phi) is 6.63. The van der Waals surface area contributed by atoms with Crippen molar-refractivity contribution in [1.29, 1.82) is 0 Å². The monoisotopic (exact) mass is 487 g/mol. The van der Waals surface area contributed by atoms with Gasteiger partial charge in [0.1, 0.15) is 23.8 Å². The van der Waals surface area contributed by atoms with E-state index in [0.29, 0.717) is 30.6 Å². The van der Waals surface area contributed by atoms with Crippen LogP contribution in [0.25, 0.3) is 0 Å². The van der Waals surface area contributed by atoms with Crippen LogP contribution >= 0.6 is 0 Å². The molecule has 2 saturated carbocycles. The SMILES string of the molecule is COc1ccccc1C(=O)NC1(C(OC)N2CCCC2C(=O)N[C@]2(C=O)C[C@H]2C(=O)O)C(C)C1C. The van der Waals surface area contributed by atoms with Crippen LogP contribution in [-0.4, -0.2) is 78.2 Å². The zero-order chi connectivity index (χ0) is 25.5. The molecule has 0 radical (unpaired) electrons. The predicted molar refractivity (Wildman–Crippen MR) is 125 cm³/mol. The lowest BCUT2D eigenvalue weighted by molar-refractivity contribution is -0.140. The van der Waals surface area contributed by atoms with Crippen LogP contribution in [0.2, 0.25) is 0 Å². The van der Waals surface area contributed by atoms with E-state index >= 15 is 0 Å². The summed E-state index contributed by atoms with van der Waals surface area (Å²) in [6.45, 7) is 4.64. The summed E-state index contributed by atoms with van der Waals surface area (Å²) in [6.07, 6.45) is 1.29. The molecule has 3 fully saturated rings. The number of likely N-dealkylation sites (tertiary alicyclic amines) is 1. The third kappa shape index (κ3) is 4.08. The second kappa shape index (κ2) is 9.23. The van der Waals surface area contributed by atoms with E-state index in [9.17, 15) is 24.3 Å². The number of rotatable bonds is 10. The number of para-hydroxylation sites is 1. The minimum Gasteiger partial charge on any atom is -0.496 e. The van der Waals surface area contributed by atoms with Crippen LogP contribution < -0.4 is 15.4 Å². The second-order valence-corrected chi connectivity index (χ2v) is 9.89. The fourth-order valence-corrected chi connectivity index (χ4v) is 5.80. The molecule has 4 unspecified atom stereocenters. The molecule has 1 heterocycles. The highest BCUT2D eigenvalue weighted by Gasteiger charge is 2.68. The average Bonchev–Trinajstić information content (AvgIpc) is 3.59. The number of aldehydes is 1. The number of nitrogens with zero attached hydrogens (tertiary/aromatic N) is 1. The number of amides is 2. The maximum atomic E-state index is 13.3. The molecule has 35 heavy (non-hydrogen) atoms. The topological polar surface area (TPSA) is 134 Å². The van der Waals surface area contributed by atoms with Crippen molar-refractivity contribution in [2.75, 3.05) is 20.8 Å². The quantitative estimate of drug-likeness (QED) is 0.417. The van der Waals surface area contributed by atoms with Gasteiger partial charge in [0.25, 0.3) is 5.91 Å². The first-order valence-corrected chi connectivity index (χ1v) is 11.9. The first-order valence-electron chi connectivity index (χ1n) is 11.9. The number of hydrogen-bond acceptors (Lipinski definition) is 7. The standard InChI is InChI=1S/C25H33N3O7/c1-14-15(2)25(14,27-20(30)16-8-5-6-10-19(16)34-3)23(35-4)28-11-7-9-18(28)21(31)26-24(13-29)12-17(24)22(32)33/h5-6,8,10,13-15,17-18,23H,7,9,11-12H2,1-4H3,(H,26,31)(H,27,30)(H,32,33)/t14?,15?,17-,18?,23?,24-,25?/m0/s1. The second-order valence-electron chi connectivity index (χ2n) is 9.89. The Morgan fingerprint density at radius 2 is 1.86 bits per heavy atom. The van der Waals surface area contributed by atoms with Crippen LogP contribution in [0, 0.1) is 17.8 Å². The van der Waals surface area contributed by atoms with Gasteiger partial charge in [0.15, 0.2) is 0 Å². The van der Waals surface area contributed by atoms with Crippen molar-refractivity contribution in [2.24, 2.45) is 17.8 Å². The highest BCUT2D eigenvalue weighted by molar-refractivity contribution is 5.98. The van der Waals surface area contributed by atoms with Gasteiger partial charge in [0.2, 0.25) is 5.91 Å². The molecule has 0 bridgehead atoms. The Morgan fingerprint density at radius 3 is 2.40 bits per heavy atom. The summed E-state index contributed by atoms with van der Waals surface area (Å²) >= 11 is 0. The molecule has 10 nitrogen and oxygen atoms in total. The zero-order valence-corrected chi connectivity index (χ0v) is 20.4. The molecule has 6 atom stereocenters. The molecule has 1 aliphatic heterocycles. The molecular formula is C25H33N3O7. The number of carbonyl (C=O) groups is 4. The van der Waals surface area contributed by atoms with E-state index in [2.05, 4.69) is 10.6 Å². The van der Waals surface area contributed by atoms with Crippen molar-refractivity contribution in [3.63, 3.8) is 0 Å². The Balaban J connectivity index is 1.56. The number of aliphatic carboxylic acids is 1. The lowest BCUT2D eigenvalue weighted by Gasteiger charge is -2.38. The molecule has 1 aromatic rings. The van der Waals surface area contributed by atoms with Gasteiger partial charge in [-0.1, -0.05) is 26.0 Å². The highest BCUT2D eigenvalue weighted by Crippen LogP contribution is 2.55. The molecule has 0 aromatic heterocycles. The van der Waals surface area contributed by atoms with E-state index in [-0.39, 0.29) is 24.2 Å². The van der Waals surface area contributed by atoms with Crippen molar-refractivity contribution in [3.05, 3.63) is 29.8 Å². The average molecular weight is 488 g/mol. The maximum Gasteiger partial charge on any atom is 0.309 e. The predicted octanol–water partition coefficient (Wildman–Crippen LogP) is 1.04. The van der Waals surface area contributed by atoms with Gasteiger partial charge in [-0.15, -0.1) is 0 Å². The summed E-state index contributed by atoms with van der Waals surface area (Å²) in [7, 11) is 3.07. The van der Waals surface area contributed by atoms with E-state index in [1.807, 2.05) is 18.7 Å². The summed E-state index contributed by atoms with van der Waals surface area (Å²) in [5, 5.41) is 15.1. The van der Waals surface area contributed by atoms with Crippen LogP contribution in [-0.2, 0) is 19.1 Å². The molecule has 10 heteroatoms. The van der Waals surface area contributed by atoms with Crippen molar-refractivity contribution in [3.8, 4) is 5.75 Å². The van der Waals surface area contributed by atoms with Crippen LogP contribution in [0.1, 0.15) is 43.5 Å². The molecule has 3 N–H and O–H groups in total. The van der Waals surface area contributed by atoms with E-state index in [4.69, 9.17) is 9.47 Å². The third-order valence-corrected chi connectivity index (χ3v) is 8.23. The Hall–Kier alpha value is -2.98. The molecule has 1 saturated heterocycles. The molecule has 1 aromatic carbocycles. The fraction of sp³-hybridized carbons (Fsp3) is 0.600. The molecule has 3 aliphatic rings. The number of methoxy groups -OCH3 is 2. The normalized spacial score (nSPS) is 34.5. The van der Waals surface area contributed by atoms with Crippen molar-refractivity contribution >= 4 is 24.1 Å². The number of ether oxygens (including phenoxy) is 2. The van der Waals surface area contributed by atoms with Gasteiger partial charge in [-0.05, 0) is 43.2 Å². The van der Waals surface area contributed by atoms with Gasteiger partial charge in [0.05, 0.1) is 30.2 Å². The van der Waals surface area contributed by atoms with Crippen LogP contribution in [0.3, 0.4) is 0 Å². The lowest BCUT2D eigenvalue weighted by atomic mass is 10.1. The van der Waals surface area contributed by atoms with Crippen LogP contribution in [0.5, 0.6) is 5.75 Å². The number of benzene rings is 1. The largest absolute Gasteiger partial charge is 0.496 e. The first kappa shape index (κ1) is 25.1. The first-order chi connectivity index (χ1) is 16.7. The minimum absolute atomic E-state index is 0.0801. The summed E-state index contributed by atoms with van der Waals surface area (Å²) in [5.74, 6) is -2.07. The zero-order valence-electron chi connectivity index (χ0n) is 20.4. The molecule has 190 valence electrons. The minimum atomic E-state index is -1.35. The lowest BCUT2D eigenvalue weighted by Crippen LogP contribution is -2.61. The summed E-state index contributed by atoms with van der Waals surface area (Å²) in [5.41, 5.74) is -1.68.